The molecular weight excluding hydrogens is 475 g/mol. The number of thiazole rings is 1. The molecule has 0 aromatic carbocycles. The van der Waals surface area contributed by atoms with Gasteiger partial charge in [-0.3, -0.25) is 9.20 Å². The topological polar surface area (TPSA) is 74.0 Å². The zero-order valence-corrected chi connectivity index (χ0v) is 19.0. The summed E-state index contributed by atoms with van der Waals surface area (Å²) in [6.45, 7) is 5.95. The molecule has 2 aromatic rings. The molecule has 0 atom stereocenters. The molecule has 27 heavy (non-hydrogen) atoms. The molecule has 1 aliphatic heterocycles. The van der Waals surface area contributed by atoms with Gasteiger partial charge in [0.25, 0.3) is 0 Å². The van der Waals surface area contributed by atoms with Crippen LogP contribution in [0.15, 0.2) is 22.8 Å². The monoisotopic (exact) mass is 504 g/mol. The first kappa shape index (κ1) is 21.9. The Bertz CT molecular complexity index is 715. The largest absolute Gasteiger partial charge is 0.357 e. The van der Waals surface area contributed by atoms with E-state index in [4.69, 9.17) is 0 Å². The highest BCUT2D eigenvalue weighted by molar-refractivity contribution is 14.0. The van der Waals surface area contributed by atoms with Gasteiger partial charge in [0.15, 0.2) is 10.9 Å². The van der Waals surface area contributed by atoms with Gasteiger partial charge in [-0.25, -0.2) is 9.98 Å². The SMILES string of the molecule is CCNC(=NCc1cn2ccsc2n1)NCCCN1CCCCCC1=O.I. The van der Waals surface area contributed by atoms with E-state index in [-0.39, 0.29) is 24.0 Å². The fourth-order valence-corrected chi connectivity index (χ4v) is 3.82. The second-order valence-electron chi connectivity index (χ2n) is 6.49. The first-order valence-corrected chi connectivity index (χ1v) is 10.4. The molecule has 150 valence electrons. The van der Waals surface area contributed by atoms with Gasteiger partial charge in [-0.15, -0.1) is 35.3 Å². The van der Waals surface area contributed by atoms with Crippen molar-refractivity contribution >= 4 is 52.1 Å². The predicted molar refractivity (Wildman–Crippen MR) is 121 cm³/mol. The predicted octanol–water partition coefficient (Wildman–Crippen LogP) is 2.86. The van der Waals surface area contributed by atoms with Crippen LogP contribution in [0.5, 0.6) is 0 Å². The van der Waals surface area contributed by atoms with E-state index in [1.165, 1.54) is 6.42 Å². The highest BCUT2D eigenvalue weighted by Crippen LogP contribution is 2.12. The van der Waals surface area contributed by atoms with Crippen LogP contribution in [0, 0.1) is 0 Å². The van der Waals surface area contributed by atoms with Gasteiger partial charge in [-0.1, -0.05) is 6.42 Å². The van der Waals surface area contributed by atoms with Crippen LogP contribution in [-0.4, -0.2) is 52.3 Å². The number of fused-ring (bicyclic) bond motifs is 1. The van der Waals surface area contributed by atoms with Crippen LogP contribution in [0.2, 0.25) is 0 Å². The van der Waals surface area contributed by atoms with E-state index in [1.54, 1.807) is 11.3 Å². The first-order valence-electron chi connectivity index (χ1n) is 9.47. The van der Waals surface area contributed by atoms with Crippen LogP contribution in [0.1, 0.15) is 44.7 Å². The van der Waals surface area contributed by atoms with Crippen LogP contribution in [0.4, 0.5) is 0 Å². The number of hydrogen-bond acceptors (Lipinski definition) is 4. The Balaban J connectivity index is 0.00000261. The fourth-order valence-electron chi connectivity index (χ4n) is 3.11. The minimum Gasteiger partial charge on any atom is -0.357 e. The van der Waals surface area contributed by atoms with Gasteiger partial charge in [0.1, 0.15) is 0 Å². The summed E-state index contributed by atoms with van der Waals surface area (Å²) in [7, 11) is 0. The van der Waals surface area contributed by atoms with Crippen molar-refractivity contribution in [3.05, 3.63) is 23.5 Å². The second kappa shape index (κ2) is 11.5. The number of nitrogens with zero attached hydrogens (tertiary/aromatic N) is 4. The van der Waals surface area contributed by atoms with Gasteiger partial charge >= 0.3 is 0 Å². The molecule has 1 amide bonds. The number of guanidine groups is 1. The van der Waals surface area contributed by atoms with E-state index >= 15 is 0 Å². The Hall–Kier alpha value is -1.36. The molecule has 0 saturated carbocycles. The van der Waals surface area contributed by atoms with Gasteiger partial charge < -0.3 is 15.5 Å². The van der Waals surface area contributed by atoms with Crippen molar-refractivity contribution < 1.29 is 4.79 Å². The minimum atomic E-state index is 0. The van der Waals surface area contributed by atoms with Crippen molar-refractivity contribution in [2.45, 2.75) is 45.6 Å². The Morgan fingerprint density at radius 2 is 2.22 bits per heavy atom. The Kier molecular flexibility index (Phi) is 9.32. The zero-order chi connectivity index (χ0) is 18.2. The number of hydrogen-bond donors (Lipinski definition) is 2. The molecule has 0 radical (unpaired) electrons. The van der Waals surface area contributed by atoms with Crippen LogP contribution in [-0.2, 0) is 11.3 Å². The van der Waals surface area contributed by atoms with Crippen LogP contribution in [0.25, 0.3) is 4.96 Å². The number of nitrogens with one attached hydrogen (secondary N) is 2. The summed E-state index contributed by atoms with van der Waals surface area (Å²) in [6.07, 6.45) is 9.00. The van der Waals surface area contributed by atoms with Crippen molar-refractivity contribution in [2.75, 3.05) is 26.2 Å². The lowest BCUT2D eigenvalue weighted by Gasteiger charge is -2.20. The maximum Gasteiger partial charge on any atom is 0.222 e. The summed E-state index contributed by atoms with van der Waals surface area (Å²) in [5, 5.41) is 8.65. The molecule has 0 spiro atoms. The number of carbonyl (C=O) groups is 1. The molecule has 0 aliphatic carbocycles. The van der Waals surface area contributed by atoms with Gasteiger partial charge in [0, 0.05) is 50.4 Å². The molecule has 1 saturated heterocycles. The Morgan fingerprint density at radius 1 is 1.33 bits per heavy atom. The summed E-state index contributed by atoms with van der Waals surface area (Å²) in [6, 6.07) is 0. The Morgan fingerprint density at radius 3 is 3.04 bits per heavy atom. The van der Waals surface area contributed by atoms with Crippen molar-refractivity contribution in [1.29, 1.82) is 0 Å². The normalized spacial score (nSPS) is 15.5. The molecule has 2 N–H and O–H groups in total. The Labute approximate surface area is 181 Å². The van der Waals surface area contributed by atoms with Crippen molar-refractivity contribution in [3.63, 3.8) is 0 Å². The van der Waals surface area contributed by atoms with Crippen molar-refractivity contribution in [1.82, 2.24) is 24.9 Å². The molecule has 0 unspecified atom stereocenters. The number of amides is 1. The van der Waals surface area contributed by atoms with Crippen LogP contribution < -0.4 is 10.6 Å². The third-order valence-corrected chi connectivity index (χ3v) is 5.23. The summed E-state index contributed by atoms with van der Waals surface area (Å²) < 4.78 is 2.02. The van der Waals surface area contributed by atoms with E-state index in [2.05, 4.69) is 27.5 Å². The number of halogens is 1. The third kappa shape index (κ3) is 6.63. The van der Waals surface area contributed by atoms with Crippen molar-refractivity contribution in [2.24, 2.45) is 4.99 Å². The van der Waals surface area contributed by atoms with Gasteiger partial charge in [0.2, 0.25) is 5.91 Å². The lowest BCUT2D eigenvalue weighted by atomic mass is 10.2. The maximum atomic E-state index is 12.0. The number of aromatic nitrogens is 2. The van der Waals surface area contributed by atoms with E-state index in [9.17, 15) is 4.79 Å². The number of rotatable bonds is 7. The standard InChI is InChI=1S/C18H28N6OS.HI/c1-2-19-17(21-13-15-14-24-11-12-26-18(24)22-15)20-8-6-10-23-9-5-3-4-7-16(23)25;/h11-12,14H,2-10,13H2,1H3,(H2,19,20,21);1H. The smallest absolute Gasteiger partial charge is 0.222 e. The maximum absolute atomic E-state index is 12.0. The highest BCUT2D eigenvalue weighted by atomic mass is 127. The number of imidazole rings is 1. The summed E-state index contributed by atoms with van der Waals surface area (Å²) >= 11 is 1.62. The highest BCUT2D eigenvalue weighted by Gasteiger charge is 2.15. The molecule has 3 heterocycles. The molecule has 1 aliphatic rings. The van der Waals surface area contributed by atoms with E-state index in [1.807, 2.05) is 27.1 Å². The first-order chi connectivity index (χ1) is 12.8. The molecule has 9 heteroatoms. The number of carbonyl (C=O) groups excluding carboxylic acids is 1. The molecule has 3 rings (SSSR count). The van der Waals surface area contributed by atoms with E-state index in [0.717, 1.165) is 62.1 Å². The second-order valence-corrected chi connectivity index (χ2v) is 7.37. The lowest BCUT2D eigenvalue weighted by molar-refractivity contribution is -0.130. The average Bonchev–Trinajstić information content (AvgIpc) is 3.16. The van der Waals surface area contributed by atoms with Gasteiger partial charge in [0.05, 0.1) is 12.2 Å². The van der Waals surface area contributed by atoms with Crippen LogP contribution >= 0.6 is 35.3 Å². The molecular formula is C18H29IN6OS. The molecule has 7 nitrogen and oxygen atoms in total. The lowest BCUT2D eigenvalue weighted by Crippen LogP contribution is -2.39. The van der Waals surface area contributed by atoms with E-state index in [0.29, 0.717) is 18.9 Å². The minimum absolute atomic E-state index is 0. The van der Waals surface area contributed by atoms with Crippen LogP contribution in [0.3, 0.4) is 0 Å². The number of aliphatic imine (C=N–C) groups is 1. The van der Waals surface area contributed by atoms with E-state index < -0.39 is 0 Å². The number of likely N-dealkylation sites (tertiary alicyclic amines) is 1. The average molecular weight is 504 g/mol. The summed E-state index contributed by atoms with van der Waals surface area (Å²) in [5.74, 6) is 1.11. The quantitative estimate of drug-likeness (QED) is 0.263. The van der Waals surface area contributed by atoms with Crippen molar-refractivity contribution in [3.8, 4) is 0 Å². The molecule has 1 fully saturated rings. The zero-order valence-electron chi connectivity index (χ0n) is 15.8. The summed E-state index contributed by atoms with van der Waals surface area (Å²) in [4.78, 5) is 24.2. The molecule has 0 bridgehead atoms. The fraction of sp³-hybridized carbons (Fsp3) is 0.611. The summed E-state index contributed by atoms with van der Waals surface area (Å²) in [5.41, 5.74) is 0.962. The van der Waals surface area contributed by atoms with Gasteiger partial charge in [-0.05, 0) is 26.2 Å². The van der Waals surface area contributed by atoms with Gasteiger partial charge in [-0.2, -0.15) is 0 Å². The molecule has 2 aromatic heterocycles. The third-order valence-electron chi connectivity index (χ3n) is 4.46.